The molecule has 94 valence electrons. The van der Waals surface area contributed by atoms with Crippen LogP contribution in [0.5, 0.6) is 5.88 Å². The minimum atomic E-state index is -0.484. The van der Waals surface area contributed by atoms with Crippen LogP contribution in [0.1, 0.15) is 10.5 Å². The minimum Gasteiger partial charge on any atom is -0.481 e. The molecule has 7 nitrogen and oxygen atoms in total. The van der Waals surface area contributed by atoms with Crippen LogP contribution in [-0.2, 0) is 9.47 Å². The van der Waals surface area contributed by atoms with Gasteiger partial charge < -0.3 is 19.5 Å². The summed E-state index contributed by atoms with van der Waals surface area (Å²) in [7, 11) is 4.46. The summed E-state index contributed by atoms with van der Waals surface area (Å²) >= 11 is 0. The Morgan fingerprint density at radius 3 is 2.65 bits per heavy atom. The number of nitrogens with zero attached hydrogens (tertiary/aromatic N) is 2. The maximum absolute atomic E-state index is 11.7. The Morgan fingerprint density at radius 2 is 2.06 bits per heavy atom. The lowest BCUT2D eigenvalue weighted by Crippen LogP contribution is -2.34. The second-order valence-electron chi connectivity index (χ2n) is 3.06. The molecule has 0 fully saturated rings. The topological polar surface area (TPSA) is 82.6 Å². The molecule has 0 aliphatic heterocycles. The quantitative estimate of drug-likeness (QED) is 0.696. The SMILES string of the molecule is COc1cc(C(=O)NCC(OC)OC)ncn1. The monoisotopic (exact) mass is 241 g/mol. The van der Waals surface area contributed by atoms with Crippen molar-refractivity contribution >= 4 is 5.91 Å². The van der Waals surface area contributed by atoms with Crippen molar-refractivity contribution in [2.75, 3.05) is 27.9 Å². The first-order valence-electron chi connectivity index (χ1n) is 4.91. The highest BCUT2D eigenvalue weighted by atomic mass is 16.7. The molecule has 7 heteroatoms. The fraction of sp³-hybridized carbons (Fsp3) is 0.500. The van der Waals surface area contributed by atoms with Crippen LogP contribution in [0.3, 0.4) is 0 Å². The van der Waals surface area contributed by atoms with Gasteiger partial charge in [-0.1, -0.05) is 0 Å². The van der Waals surface area contributed by atoms with Gasteiger partial charge in [0.2, 0.25) is 5.88 Å². The standard InChI is InChI=1S/C10H15N3O4/c1-15-8-4-7(12-6-13-8)10(14)11-5-9(16-2)17-3/h4,6,9H,5H2,1-3H3,(H,11,14). The molecule has 1 heterocycles. The molecule has 0 aliphatic rings. The Hall–Kier alpha value is -1.73. The zero-order valence-corrected chi connectivity index (χ0v) is 9.97. The van der Waals surface area contributed by atoms with Crippen LogP contribution in [0.4, 0.5) is 0 Å². The average Bonchev–Trinajstić information content (AvgIpc) is 2.39. The third-order valence-electron chi connectivity index (χ3n) is 2.04. The smallest absolute Gasteiger partial charge is 0.270 e. The molecule has 1 aromatic rings. The van der Waals surface area contributed by atoms with Gasteiger partial charge in [0.1, 0.15) is 12.0 Å². The average molecular weight is 241 g/mol. The highest BCUT2D eigenvalue weighted by Gasteiger charge is 2.11. The lowest BCUT2D eigenvalue weighted by Gasteiger charge is -2.13. The number of methoxy groups -OCH3 is 3. The van der Waals surface area contributed by atoms with Gasteiger partial charge in [-0.2, -0.15) is 0 Å². The number of rotatable bonds is 6. The van der Waals surface area contributed by atoms with E-state index in [1.165, 1.54) is 33.7 Å². The van der Waals surface area contributed by atoms with E-state index in [2.05, 4.69) is 15.3 Å². The van der Waals surface area contributed by atoms with E-state index in [-0.39, 0.29) is 18.1 Å². The lowest BCUT2D eigenvalue weighted by atomic mass is 10.3. The largest absolute Gasteiger partial charge is 0.481 e. The summed E-state index contributed by atoms with van der Waals surface area (Å²) in [6, 6.07) is 1.45. The molecule has 0 atom stereocenters. The number of carbonyl (C=O) groups excluding carboxylic acids is 1. The van der Waals surface area contributed by atoms with Crippen LogP contribution in [0, 0.1) is 0 Å². The molecule has 17 heavy (non-hydrogen) atoms. The molecule has 0 saturated carbocycles. The minimum absolute atomic E-state index is 0.225. The number of amides is 1. The molecule has 0 saturated heterocycles. The number of carbonyl (C=O) groups is 1. The summed E-state index contributed by atoms with van der Waals surface area (Å²) in [4.78, 5) is 19.3. The second-order valence-corrected chi connectivity index (χ2v) is 3.06. The number of hydrogen-bond donors (Lipinski definition) is 1. The van der Waals surface area contributed by atoms with E-state index in [1.807, 2.05) is 0 Å². The Labute approximate surface area is 99.1 Å². The predicted octanol–water partition coefficient (Wildman–Crippen LogP) is -0.166. The third-order valence-corrected chi connectivity index (χ3v) is 2.04. The van der Waals surface area contributed by atoms with Crippen LogP contribution < -0.4 is 10.1 Å². The van der Waals surface area contributed by atoms with Crippen LogP contribution in [-0.4, -0.2) is 50.0 Å². The fourth-order valence-electron chi connectivity index (χ4n) is 1.10. The Kier molecular flexibility index (Phi) is 5.31. The summed E-state index contributed by atoms with van der Waals surface area (Å²) in [5, 5.41) is 2.62. The van der Waals surface area contributed by atoms with Crippen molar-refractivity contribution in [1.82, 2.24) is 15.3 Å². The lowest BCUT2D eigenvalue weighted by molar-refractivity contribution is -0.0974. The summed E-state index contributed by atoms with van der Waals surface area (Å²) in [6.45, 7) is 0.234. The van der Waals surface area contributed by atoms with Gasteiger partial charge >= 0.3 is 0 Å². The van der Waals surface area contributed by atoms with E-state index < -0.39 is 6.29 Å². The van der Waals surface area contributed by atoms with Crippen molar-refractivity contribution in [2.24, 2.45) is 0 Å². The Balaban J connectivity index is 2.57. The molecule has 0 aliphatic carbocycles. The number of ether oxygens (including phenoxy) is 3. The van der Waals surface area contributed by atoms with Crippen LogP contribution in [0.25, 0.3) is 0 Å². The van der Waals surface area contributed by atoms with Gasteiger partial charge in [-0.05, 0) is 0 Å². The normalized spacial score (nSPS) is 10.4. The zero-order valence-electron chi connectivity index (χ0n) is 9.97. The number of hydrogen-bond acceptors (Lipinski definition) is 6. The van der Waals surface area contributed by atoms with E-state index in [0.29, 0.717) is 5.88 Å². The first-order valence-corrected chi connectivity index (χ1v) is 4.91. The zero-order chi connectivity index (χ0) is 12.7. The molecule has 0 radical (unpaired) electrons. The molecule has 0 aromatic carbocycles. The van der Waals surface area contributed by atoms with Crippen LogP contribution in [0.2, 0.25) is 0 Å². The summed E-state index contributed by atoms with van der Waals surface area (Å²) in [6.07, 6.45) is 0.778. The molecule has 0 spiro atoms. The molecular formula is C10H15N3O4. The molecular weight excluding hydrogens is 226 g/mol. The van der Waals surface area contributed by atoms with Gasteiger partial charge in [0, 0.05) is 20.3 Å². The van der Waals surface area contributed by atoms with E-state index in [9.17, 15) is 4.79 Å². The molecule has 1 rings (SSSR count). The van der Waals surface area contributed by atoms with Crippen molar-refractivity contribution in [1.29, 1.82) is 0 Å². The Bertz CT molecular complexity index is 368. The molecule has 0 bridgehead atoms. The van der Waals surface area contributed by atoms with Crippen LogP contribution in [0.15, 0.2) is 12.4 Å². The summed E-state index contributed by atoms with van der Waals surface area (Å²) < 4.78 is 14.8. The Morgan fingerprint density at radius 1 is 1.35 bits per heavy atom. The summed E-state index contributed by atoms with van der Waals surface area (Å²) in [5.74, 6) is -0.00927. The molecule has 1 amide bonds. The molecule has 1 aromatic heterocycles. The van der Waals surface area contributed by atoms with Gasteiger partial charge in [0.05, 0.1) is 13.7 Å². The van der Waals surface area contributed by atoms with Crippen molar-refractivity contribution in [3.8, 4) is 5.88 Å². The second kappa shape index (κ2) is 6.77. The fourth-order valence-corrected chi connectivity index (χ4v) is 1.10. The van der Waals surface area contributed by atoms with E-state index in [1.54, 1.807) is 0 Å². The van der Waals surface area contributed by atoms with E-state index in [4.69, 9.17) is 14.2 Å². The van der Waals surface area contributed by atoms with Crippen molar-refractivity contribution in [2.45, 2.75) is 6.29 Å². The van der Waals surface area contributed by atoms with Gasteiger partial charge in [-0.25, -0.2) is 9.97 Å². The summed E-state index contributed by atoms with van der Waals surface area (Å²) in [5.41, 5.74) is 0.225. The number of aromatic nitrogens is 2. The predicted molar refractivity (Wildman–Crippen MR) is 58.7 cm³/mol. The van der Waals surface area contributed by atoms with Crippen LogP contribution >= 0.6 is 0 Å². The van der Waals surface area contributed by atoms with Gasteiger partial charge in [-0.15, -0.1) is 0 Å². The molecule has 0 unspecified atom stereocenters. The van der Waals surface area contributed by atoms with E-state index in [0.717, 1.165) is 0 Å². The maximum atomic E-state index is 11.7. The van der Waals surface area contributed by atoms with Crippen molar-refractivity contribution < 1.29 is 19.0 Å². The first kappa shape index (κ1) is 13.3. The highest BCUT2D eigenvalue weighted by Crippen LogP contribution is 2.05. The number of nitrogens with one attached hydrogen (secondary N) is 1. The van der Waals surface area contributed by atoms with Crippen molar-refractivity contribution in [3.05, 3.63) is 18.1 Å². The highest BCUT2D eigenvalue weighted by molar-refractivity contribution is 5.92. The van der Waals surface area contributed by atoms with Gasteiger partial charge in [0.15, 0.2) is 6.29 Å². The molecule has 1 N–H and O–H groups in total. The van der Waals surface area contributed by atoms with Crippen molar-refractivity contribution in [3.63, 3.8) is 0 Å². The first-order chi connectivity index (χ1) is 8.21. The van der Waals surface area contributed by atoms with Gasteiger partial charge in [0.25, 0.3) is 5.91 Å². The van der Waals surface area contributed by atoms with Gasteiger partial charge in [-0.3, -0.25) is 4.79 Å². The maximum Gasteiger partial charge on any atom is 0.270 e. The third kappa shape index (κ3) is 3.97. The van der Waals surface area contributed by atoms with E-state index >= 15 is 0 Å².